The van der Waals surface area contributed by atoms with Gasteiger partial charge in [0, 0.05) is 17.3 Å². The average Bonchev–Trinajstić information content (AvgIpc) is 2.19. The molecule has 2 heteroatoms. The Morgan fingerprint density at radius 3 is 2.46 bits per heavy atom. The first-order chi connectivity index (χ1) is 6.36. The number of hydrogen-bond donors (Lipinski definition) is 1. The Balaban J connectivity index is 2.65. The number of alkyl halides is 1. The summed E-state index contributed by atoms with van der Waals surface area (Å²) in [6.07, 6.45) is 0.542. The zero-order valence-electron chi connectivity index (χ0n) is 7.26. The molecular formula is C11H11BrO. The Bertz CT molecular complexity index is 305. The summed E-state index contributed by atoms with van der Waals surface area (Å²) in [6.45, 7) is 0.131. The average molecular weight is 239 g/mol. The van der Waals surface area contributed by atoms with Gasteiger partial charge in [0.05, 0.1) is 6.61 Å². The monoisotopic (exact) mass is 238 g/mol. The Kier molecular flexibility index (Phi) is 4.59. The van der Waals surface area contributed by atoms with Crippen LogP contribution in [0.5, 0.6) is 0 Å². The molecule has 0 spiro atoms. The van der Waals surface area contributed by atoms with Gasteiger partial charge in [-0.2, -0.15) is 0 Å². The molecule has 68 valence electrons. The highest BCUT2D eigenvalue weighted by Crippen LogP contribution is 2.06. The first-order valence-electron chi connectivity index (χ1n) is 4.11. The van der Waals surface area contributed by atoms with Crippen molar-refractivity contribution in [2.24, 2.45) is 0 Å². The summed E-state index contributed by atoms with van der Waals surface area (Å²) < 4.78 is 0. The molecule has 0 fully saturated rings. The Morgan fingerprint density at radius 2 is 1.92 bits per heavy atom. The van der Waals surface area contributed by atoms with Gasteiger partial charge in [0.2, 0.25) is 0 Å². The molecule has 1 aromatic carbocycles. The number of halogens is 1. The van der Waals surface area contributed by atoms with Crippen molar-refractivity contribution in [2.75, 3.05) is 6.61 Å². The van der Waals surface area contributed by atoms with Gasteiger partial charge in [-0.05, 0) is 17.7 Å². The van der Waals surface area contributed by atoms with Crippen molar-refractivity contribution in [2.45, 2.75) is 11.8 Å². The highest BCUT2D eigenvalue weighted by atomic mass is 79.9. The summed E-state index contributed by atoms with van der Waals surface area (Å²) in [5.41, 5.74) is 2.24. The van der Waals surface area contributed by atoms with E-state index in [0.29, 0.717) is 6.42 Å². The van der Waals surface area contributed by atoms with E-state index in [1.165, 1.54) is 5.56 Å². The van der Waals surface area contributed by atoms with Crippen LogP contribution < -0.4 is 0 Å². The topological polar surface area (TPSA) is 20.2 Å². The predicted octanol–water partition coefficient (Wildman–Crippen LogP) is 2.32. The second kappa shape index (κ2) is 5.80. The maximum absolute atomic E-state index is 8.52. The van der Waals surface area contributed by atoms with Crippen molar-refractivity contribution < 1.29 is 5.11 Å². The normalized spacial score (nSPS) is 9.08. The lowest BCUT2D eigenvalue weighted by atomic mass is 10.1. The molecule has 0 aliphatic rings. The van der Waals surface area contributed by atoms with Crippen LogP contribution in [-0.2, 0) is 5.33 Å². The Morgan fingerprint density at radius 1 is 1.23 bits per heavy atom. The lowest BCUT2D eigenvalue weighted by Crippen LogP contribution is -1.79. The zero-order valence-corrected chi connectivity index (χ0v) is 8.84. The lowest BCUT2D eigenvalue weighted by Gasteiger charge is -1.93. The molecule has 1 rings (SSSR count). The molecule has 1 N–H and O–H groups in total. The zero-order chi connectivity index (χ0) is 9.52. The van der Waals surface area contributed by atoms with E-state index in [0.717, 1.165) is 10.9 Å². The molecule has 0 aliphatic heterocycles. The van der Waals surface area contributed by atoms with Crippen LogP contribution in [0, 0.1) is 11.8 Å². The van der Waals surface area contributed by atoms with Gasteiger partial charge in [-0.15, -0.1) is 0 Å². The third-order valence-electron chi connectivity index (χ3n) is 1.58. The first kappa shape index (κ1) is 10.3. The largest absolute Gasteiger partial charge is 0.395 e. The van der Waals surface area contributed by atoms with Gasteiger partial charge in [-0.1, -0.05) is 39.9 Å². The van der Waals surface area contributed by atoms with Crippen LogP contribution in [-0.4, -0.2) is 11.7 Å². The molecule has 13 heavy (non-hydrogen) atoms. The van der Waals surface area contributed by atoms with Gasteiger partial charge in [0.15, 0.2) is 0 Å². The molecule has 0 aromatic heterocycles. The van der Waals surface area contributed by atoms with Gasteiger partial charge >= 0.3 is 0 Å². The van der Waals surface area contributed by atoms with E-state index in [2.05, 4.69) is 27.8 Å². The van der Waals surface area contributed by atoms with Gasteiger partial charge < -0.3 is 5.11 Å². The molecule has 0 heterocycles. The molecule has 0 aliphatic carbocycles. The van der Waals surface area contributed by atoms with Crippen LogP contribution in [0.1, 0.15) is 17.5 Å². The smallest absolute Gasteiger partial charge is 0.0540 e. The number of hydrogen-bond acceptors (Lipinski definition) is 1. The molecule has 0 bridgehead atoms. The van der Waals surface area contributed by atoms with Crippen molar-refractivity contribution in [1.29, 1.82) is 0 Å². The van der Waals surface area contributed by atoms with E-state index in [-0.39, 0.29) is 6.61 Å². The standard InChI is InChI=1S/C11H11BrO/c12-9-11-6-4-10(5-7-11)3-1-2-8-13/h4-7,13H,2,8-9H2. The van der Waals surface area contributed by atoms with Gasteiger partial charge in [0.1, 0.15) is 0 Å². The summed E-state index contributed by atoms with van der Waals surface area (Å²) in [6, 6.07) is 8.05. The SMILES string of the molecule is OCCC#Cc1ccc(CBr)cc1. The minimum absolute atomic E-state index is 0.131. The van der Waals surface area contributed by atoms with Gasteiger partial charge in [0.25, 0.3) is 0 Å². The van der Waals surface area contributed by atoms with E-state index in [9.17, 15) is 0 Å². The quantitative estimate of drug-likeness (QED) is 0.620. The van der Waals surface area contributed by atoms with Crippen LogP contribution in [0.4, 0.5) is 0 Å². The number of aliphatic hydroxyl groups excluding tert-OH is 1. The highest BCUT2D eigenvalue weighted by molar-refractivity contribution is 9.08. The molecule has 1 aromatic rings. The molecule has 0 unspecified atom stereocenters. The first-order valence-corrected chi connectivity index (χ1v) is 5.23. The lowest BCUT2D eigenvalue weighted by molar-refractivity contribution is 0.305. The maximum atomic E-state index is 8.52. The van der Waals surface area contributed by atoms with E-state index in [1.807, 2.05) is 24.3 Å². The second-order valence-electron chi connectivity index (χ2n) is 2.61. The molecular weight excluding hydrogens is 228 g/mol. The maximum Gasteiger partial charge on any atom is 0.0540 e. The third-order valence-corrected chi connectivity index (χ3v) is 2.23. The van der Waals surface area contributed by atoms with Gasteiger partial charge in [-0.3, -0.25) is 0 Å². The molecule has 0 radical (unpaired) electrons. The number of benzene rings is 1. The van der Waals surface area contributed by atoms with Crippen LogP contribution in [0.2, 0.25) is 0 Å². The van der Waals surface area contributed by atoms with Crippen LogP contribution in [0.3, 0.4) is 0 Å². The summed E-state index contributed by atoms with van der Waals surface area (Å²) in [7, 11) is 0. The summed E-state index contributed by atoms with van der Waals surface area (Å²) in [4.78, 5) is 0. The molecule has 0 saturated heterocycles. The van der Waals surface area contributed by atoms with Crippen molar-refractivity contribution >= 4 is 15.9 Å². The van der Waals surface area contributed by atoms with Crippen molar-refractivity contribution in [1.82, 2.24) is 0 Å². The Hall–Kier alpha value is -0.780. The van der Waals surface area contributed by atoms with Crippen LogP contribution >= 0.6 is 15.9 Å². The fraction of sp³-hybridized carbons (Fsp3) is 0.273. The summed E-state index contributed by atoms with van der Waals surface area (Å²) in [5.74, 6) is 5.85. The van der Waals surface area contributed by atoms with E-state index >= 15 is 0 Å². The summed E-state index contributed by atoms with van der Waals surface area (Å²) in [5, 5.41) is 9.39. The minimum atomic E-state index is 0.131. The minimum Gasteiger partial charge on any atom is -0.395 e. The molecule has 0 atom stereocenters. The Labute approximate surface area is 86.9 Å². The molecule has 0 amide bonds. The van der Waals surface area contributed by atoms with Crippen molar-refractivity contribution in [3.05, 3.63) is 35.4 Å². The van der Waals surface area contributed by atoms with Crippen LogP contribution in [0.25, 0.3) is 0 Å². The third kappa shape index (κ3) is 3.63. The predicted molar refractivity (Wildman–Crippen MR) is 57.7 cm³/mol. The summed E-state index contributed by atoms with van der Waals surface area (Å²) >= 11 is 3.38. The van der Waals surface area contributed by atoms with E-state index in [4.69, 9.17) is 5.11 Å². The van der Waals surface area contributed by atoms with E-state index < -0.39 is 0 Å². The van der Waals surface area contributed by atoms with E-state index in [1.54, 1.807) is 0 Å². The fourth-order valence-electron chi connectivity index (χ4n) is 0.898. The fourth-order valence-corrected chi connectivity index (χ4v) is 1.27. The highest BCUT2D eigenvalue weighted by Gasteiger charge is 1.88. The van der Waals surface area contributed by atoms with Crippen LogP contribution in [0.15, 0.2) is 24.3 Å². The van der Waals surface area contributed by atoms with Crippen molar-refractivity contribution in [3.63, 3.8) is 0 Å². The second-order valence-corrected chi connectivity index (χ2v) is 3.17. The van der Waals surface area contributed by atoms with Gasteiger partial charge in [-0.25, -0.2) is 0 Å². The molecule has 1 nitrogen and oxygen atoms in total. The number of rotatable bonds is 2. The number of aliphatic hydroxyl groups is 1. The molecule has 0 saturated carbocycles. The van der Waals surface area contributed by atoms with Crippen molar-refractivity contribution in [3.8, 4) is 11.8 Å².